The van der Waals surface area contributed by atoms with Crippen LogP contribution in [0.25, 0.3) is 0 Å². The van der Waals surface area contributed by atoms with E-state index >= 15 is 0 Å². The average molecular weight is 187 g/mol. The summed E-state index contributed by atoms with van der Waals surface area (Å²) in [7, 11) is 0. The fraction of sp³-hybridized carbons (Fsp3) is 1.00. The van der Waals surface area contributed by atoms with Crippen molar-refractivity contribution in [3.8, 4) is 0 Å². The number of piperidine rings is 1. The van der Waals surface area contributed by atoms with Gasteiger partial charge in [-0.05, 0) is 51.1 Å². The standard InChI is InChI=1S/C11H22FN/c1-9(2)11(3,12)7-10-5-4-6-13-8-10/h9-10,13H,4-8H2,1-3H3. The summed E-state index contributed by atoms with van der Waals surface area (Å²) in [5, 5.41) is 3.33. The summed E-state index contributed by atoms with van der Waals surface area (Å²) >= 11 is 0. The Balaban J connectivity index is 2.37. The molecule has 1 saturated heterocycles. The van der Waals surface area contributed by atoms with Gasteiger partial charge < -0.3 is 5.32 Å². The molecule has 1 rings (SSSR count). The largest absolute Gasteiger partial charge is 0.316 e. The fourth-order valence-electron chi connectivity index (χ4n) is 1.90. The Kier molecular flexibility index (Phi) is 3.72. The quantitative estimate of drug-likeness (QED) is 0.716. The van der Waals surface area contributed by atoms with Crippen LogP contribution in [0.1, 0.15) is 40.0 Å². The summed E-state index contributed by atoms with van der Waals surface area (Å²) in [6.07, 6.45) is 3.12. The molecule has 0 aliphatic carbocycles. The molecule has 0 amide bonds. The molecule has 1 heterocycles. The predicted octanol–water partition coefficient (Wildman–Crippen LogP) is 2.76. The molecule has 1 nitrogen and oxygen atoms in total. The van der Waals surface area contributed by atoms with Gasteiger partial charge in [0.2, 0.25) is 0 Å². The Morgan fingerprint density at radius 2 is 2.23 bits per heavy atom. The molecule has 0 bridgehead atoms. The SMILES string of the molecule is CC(C)C(C)(F)CC1CCCNC1. The van der Waals surface area contributed by atoms with Gasteiger partial charge in [-0.25, -0.2) is 4.39 Å². The zero-order valence-electron chi connectivity index (χ0n) is 9.07. The summed E-state index contributed by atoms with van der Waals surface area (Å²) in [6, 6.07) is 0. The highest BCUT2D eigenvalue weighted by Gasteiger charge is 2.31. The van der Waals surface area contributed by atoms with Crippen LogP contribution in [0.15, 0.2) is 0 Å². The normalized spacial score (nSPS) is 28.8. The second-order valence-electron chi connectivity index (χ2n) is 4.85. The van der Waals surface area contributed by atoms with Crippen LogP contribution >= 0.6 is 0 Å². The van der Waals surface area contributed by atoms with Crippen molar-refractivity contribution in [1.29, 1.82) is 0 Å². The van der Waals surface area contributed by atoms with Gasteiger partial charge in [0.25, 0.3) is 0 Å². The van der Waals surface area contributed by atoms with Gasteiger partial charge >= 0.3 is 0 Å². The molecule has 0 aromatic rings. The van der Waals surface area contributed by atoms with Gasteiger partial charge in [0, 0.05) is 0 Å². The summed E-state index contributed by atoms with van der Waals surface area (Å²) in [5.74, 6) is 0.681. The highest BCUT2D eigenvalue weighted by atomic mass is 19.1. The molecule has 13 heavy (non-hydrogen) atoms. The third-order valence-electron chi connectivity index (χ3n) is 3.29. The highest BCUT2D eigenvalue weighted by Crippen LogP contribution is 2.31. The molecule has 1 aliphatic rings. The Bertz CT molecular complexity index is 148. The Hall–Kier alpha value is -0.110. The first-order valence-corrected chi connectivity index (χ1v) is 5.42. The van der Waals surface area contributed by atoms with E-state index in [2.05, 4.69) is 5.32 Å². The van der Waals surface area contributed by atoms with Gasteiger partial charge in [0.05, 0.1) is 0 Å². The van der Waals surface area contributed by atoms with E-state index < -0.39 is 5.67 Å². The zero-order valence-corrected chi connectivity index (χ0v) is 9.07. The van der Waals surface area contributed by atoms with Crippen LogP contribution < -0.4 is 5.32 Å². The molecular weight excluding hydrogens is 165 g/mol. The first-order chi connectivity index (χ1) is 6.02. The molecular formula is C11H22FN. The van der Waals surface area contributed by atoms with Crippen molar-refractivity contribution in [3.05, 3.63) is 0 Å². The number of hydrogen-bond donors (Lipinski definition) is 1. The highest BCUT2D eigenvalue weighted by molar-refractivity contribution is 4.82. The summed E-state index contributed by atoms with van der Waals surface area (Å²) in [4.78, 5) is 0. The van der Waals surface area contributed by atoms with Crippen LogP contribution in [0.4, 0.5) is 4.39 Å². The molecule has 0 saturated carbocycles. The van der Waals surface area contributed by atoms with E-state index in [-0.39, 0.29) is 5.92 Å². The molecule has 0 spiro atoms. The minimum absolute atomic E-state index is 0.134. The lowest BCUT2D eigenvalue weighted by molar-refractivity contribution is 0.0824. The molecule has 1 aliphatic heterocycles. The molecule has 2 unspecified atom stereocenters. The lowest BCUT2D eigenvalue weighted by Crippen LogP contribution is -2.36. The van der Waals surface area contributed by atoms with Crippen LogP contribution in [0, 0.1) is 11.8 Å². The maximum atomic E-state index is 14.0. The molecule has 78 valence electrons. The van der Waals surface area contributed by atoms with E-state index in [9.17, 15) is 4.39 Å². The van der Waals surface area contributed by atoms with Crippen molar-refractivity contribution in [3.63, 3.8) is 0 Å². The number of halogens is 1. The number of alkyl halides is 1. The molecule has 0 radical (unpaired) electrons. The zero-order chi connectivity index (χ0) is 9.90. The van der Waals surface area contributed by atoms with Crippen LogP contribution in [-0.2, 0) is 0 Å². The minimum atomic E-state index is -0.982. The molecule has 0 aromatic heterocycles. The Morgan fingerprint density at radius 3 is 2.69 bits per heavy atom. The summed E-state index contributed by atoms with van der Waals surface area (Å²) < 4.78 is 14.0. The van der Waals surface area contributed by atoms with Gasteiger partial charge in [0.1, 0.15) is 5.67 Å². The molecule has 2 atom stereocenters. The maximum absolute atomic E-state index is 14.0. The van der Waals surface area contributed by atoms with Gasteiger partial charge in [-0.2, -0.15) is 0 Å². The van der Waals surface area contributed by atoms with E-state index in [1.807, 2.05) is 13.8 Å². The van der Waals surface area contributed by atoms with E-state index in [1.165, 1.54) is 12.8 Å². The summed E-state index contributed by atoms with van der Waals surface area (Å²) in [5.41, 5.74) is -0.982. The van der Waals surface area contributed by atoms with E-state index in [0.29, 0.717) is 5.92 Å². The molecule has 2 heteroatoms. The van der Waals surface area contributed by atoms with Crippen LogP contribution in [-0.4, -0.2) is 18.8 Å². The van der Waals surface area contributed by atoms with Gasteiger partial charge in [-0.3, -0.25) is 0 Å². The van der Waals surface area contributed by atoms with Crippen LogP contribution in [0.2, 0.25) is 0 Å². The van der Waals surface area contributed by atoms with Gasteiger partial charge in [-0.1, -0.05) is 13.8 Å². The summed E-state index contributed by atoms with van der Waals surface area (Å²) in [6.45, 7) is 7.80. The minimum Gasteiger partial charge on any atom is -0.316 e. The van der Waals surface area contributed by atoms with E-state index in [4.69, 9.17) is 0 Å². The second kappa shape index (κ2) is 4.41. The van der Waals surface area contributed by atoms with Crippen molar-refractivity contribution >= 4 is 0 Å². The number of nitrogens with one attached hydrogen (secondary N) is 1. The first kappa shape index (κ1) is 11.0. The monoisotopic (exact) mass is 187 g/mol. The average Bonchev–Trinajstić information content (AvgIpc) is 2.05. The van der Waals surface area contributed by atoms with Crippen LogP contribution in [0.5, 0.6) is 0 Å². The number of hydrogen-bond acceptors (Lipinski definition) is 1. The third kappa shape index (κ3) is 3.26. The van der Waals surface area contributed by atoms with Crippen LogP contribution in [0.3, 0.4) is 0 Å². The molecule has 0 aromatic carbocycles. The Labute approximate surface area is 81.1 Å². The maximum Gasteiger partial charge on any atom is 0.110 e. The number of rotatable bonds is 3. The van der Waals surface area contributed by atoms with Crippen molar-refractivity contribution in [2.75, 3.05) is 13.1 Å². The lowest BCUT2D eigenvalue weighted by atomic mass is 9.82. The van der Waals surface area contributed by atoms with E-state index in [0.717, 1.165) is 19.5 Å². The van der Waals surface area contributed by atoms with Crippen molar-refractivity contribution in [2.45, 2.75) is 45.7 Å². The smallest absolute Gasteiger partial charge is 0.110 e. The Morgan fingerprint density at radius 1 is 1.54 bits per heavy atom. The van der Waals surface area contributed by atoms with Gasteiger partial charge in [-0.15, -0.1) is 0 Å². The molecule has 1 fully saturated rings. The van der Waals surface area contributed by atoms with Crippen molar-refractivity contribution in [2.24, 2.45) is 11.8 Å². The van der Waals surface area contributed by atoms with E-state index in [1.54, 1.807) is 6.92 Å². The first-order valence-electron chi connectivity index (χ1n) is 5.42. The van der Waals surface area contributed by atoms with Gasteiger partial charge in [0.15, 0.2) is 0 Å². The fourth-order valence-corrected chi connectivity index (χ4v) is 1.90. The van der Waals surface area contributed by atoms with Crippen molar-refractivity contribution in [1.82, 2.24) is 5.32 Å². The second-order valence-corrected chi connectivity index (χ2v) is 4.85. The topological polar surface area (TPSA) is 12.0 Å². The lowest BCUT2D eigenvalue weighted by Gasteiger charge is -2.31. The molecule has 1 N–H and O–H groups in total. The predicted molar refractivity (Wildman–Crippen MR) is 54.6 cm³/mol. The third-order valence-corrected chi connectivity index (χ3v) is 3.29. The van der Waals surface area contributed by atoms with Crippen molar-refractivity contribution < 1.29 is 4.39 Å².